The molecule has 1 N–H and O–H groups in total. The Morgan fingerprint density at radius 1 is 1.11 bits per heavy atom. The summed E-state index contributed by atoms with van der Waals surface area (Å²) in [5.74, 6) is 3.48. The predicted octanol–water partition coefficient (Wildman–Crippen LogP) is 4.28. The lowest BCUT2D eigenvalue weighted by atomic mass is 10.1. The van der Waals surface area contributed by atoms with Crippen molar-refractivity contribution in [3.05, 3.63) is 72.8 Å². The number of ether oxygens (including phenoxy) is 2. The third kappa shape index (κ3) is 5.72. The summed E-state index contributed by atoms with van der Waals surface area (Å²) in [6.07, 6.45) is 6.87. The SMILES string of the molecule is Cc1cc(Nc2ncnc3cc4c(nc23)N2CCN(C(=O)/C=C/CN(C)C)[C@H](CO4)C2)ccc1Oc1ccc2c(c1)ncn2C. The molecule has 1 fully saturated rings. The molecule has 0 saturated carbocycles. The number of rotatable bonds is 7. The molecule has 0 spiro atoms. The van der Waals surface area contributed by atoms with Crippen LogP contribution in [0.2, 0.25) is 0 Å². The highest BCUT2D eigenvalue weighted by molar-refractivity contribution is 5.91. The van der Waals surface area contributed by atoms with Crippen LogP contribution in [0.3, 0.4) is 0 Å². The van der Waals surface area contributed by atoms with E-state index in [-0.39, 0.29) is 11.9 Å². The van der Waals surface area contributed by atoms with Crippen LogP contribution in [-0.2, 0) is 11.8 Å². The molecule has 2 aromatic carbocycles. The molecule has 12 heteroatoms. The van der Waals surface area contributed by atoms with Gasteiger partial charge in [-0.15, -0.1) is 0 Å². The van der Waals surface area contributed by atoms with Gasteiger partial charge in [-0.3, -0.25) is 4.79 Å². The number of carbonyl (C=O) groups excluding carboxylic acids is 1. The molecule has 2 bridgehead atoms. The van der Waals surface area contributed by atoms with Crippen LogP contribution in [0.15, 0.2) is 67.3 Å². The molecule has 3 aromatic heterocycles. The van der Waals surface area contributed by atoms with E-state index in [9.17, 15) is 4.79 Å². The maximum atomic E-state index is 13.0. The Kier molecular flexibility index (Phi) is 7.42. The zero-order valence-electron chi connectivity index (χ0n) is 25.8. The van der Waals surface area contributed by atoms with Crippen LogP contribution < -0.4 is 19.7 Å². The summed E-state index contributed by atoms with van der Waals surface area (Å²) in [6, 6.07) is 13.6. The molecule has 2 aliphatic heterocycles. The maximum absolute atomic E-state index is 13.0. The minimum atomic E-state index is -0.0779. The van der Waals surface area contributed by atoms with Crippen molar-refractivity contribution in [2.24, 2.45) is 7.05 Å². The molecule has 2 aliphatic rings. The van der Waals surface area contributed by atoms with Crippen molar-refractivity contribution in [2.45, 2.75) is 13.0 Å². The van der Waals surface area contributed by atoms with Crippen LogP contribution in [0, 0.1) is 6.92 Å². The number of carbonyl (C=O) groups is 1. The number of aromatic nitrogens is 5. The highest BCUT2D eigenvalue weighted by Crippen LogP contribution is 2.36. The van der Waals surface area contributed by atoms with E-state index in [2.05, 4.69) is 25.2 Å². The molecule has 1 atom stereocenters. The second-order valence-electron chi connectivity index (χ2n) is 11.7. The summed E-state index contributed by atoms with van der Waals surface area (Å²) in [4.78, 5) is 37.5. The largest absolute Gasteiger partial charge is 0.487 e. The van der Waals surface area contributed by atoms with E-state index in [1.54, 1.807) is 12.4 Å². The minimum Gasteiger partial charge on any atom is -0.487 e. The number of hydrogen-bond donors (Lipinski definition) is 1. The van der Waals surface area contributed by atoms with Crippen LogP contribution in [-0.4, -0.2) is 93.1 Å². The number of pyridine rings is 1. The van der Waals surface area contributed by atoms with E-state index in [1.165, 1.54) is 6.33 Å². The number of likely N-dealkylation sites (N-methyl/N-ethyl adjacent to an activating group) is 1. The molecule has 230 valence electrons. The monoisotopic (exact) mass is 605 g/mol. The summed E-state index contributed by atoms with van der Waals surface area (Å²) in [5, 5.41) is 3.43. The Labute approximate surface area is 260 Å². The molecule has 7 rings (SSSR count). The Morgan fingerprint density at radius 2 is 2.00 bits per heavy atom. The number of anilines is 3. The number of aryl methyl sites for hydroxylation is 2. The number of hydrogen-bond acceptors (Lipinski definition) is 10. The van der Waals surface area contributed by atoms with Crippen molar-refractivity contribution in [1.82, 2.24) is 34.3 Å². The molecule has 1 amide bonds. The fraction of sp³-hybridized carbons (Fsp3) is 0.303. The Hall–Kier alpha value is -5.23. The summed E-state index contributed by atoms with van der Waals surface area (Å²) < 4.78 is 14.4. The highest BCUT2D eigenvalue weighted by Gasteiger charge is 2.35. The molecule has 0 radical (unpaired) electrons. The smallest absolute Gasteiger partial charge is 0.246 e. The zero-order chi connectivity index (χ0) is 31.1. The number of nitrogens with one attached hydrogen (secondary N) is 1. The van der Waals surface area contributed by atoms with Crippen LogP contribution in [0.25, 0.3) is 22.1 Å². The molecule has 0 aliphatic carbocycles. The molecular weight excluding hydrogens is 570 g/mol. The van der Waals surface area contributed by atoms with Gasteiger partial charge in [0, 0.05) is 57.1 Å². The van der Waals surface area contributed by atoms with Gasteiger partial charge in [0.2, 0.25) is 5.91 Å². The van der Waals surface area contributed by atoms with E-state index < -0.39 is 0 Å². The third-order valence-corrected chi connectivity index (χ3v) is 8.15. The molecule has 0 unspecified atom stereocenters. The van der Waals surface area contributed by atoms with Crippen molar-refractivity contribution < 1.29 is 14.3 Å². The van der Waals surface area contributed by atoms with Crippen LogP contribution in [0.1, 0.15) is 5.56 Å². The van der Waals surface area contributed by atoms with Gasteiger partial charge in [0.1, 0.15) is 29.9 Å². The first-order valence-corrected chi connectivity index (χ1v) is 14.9. The van der Waals surface area contributed by atoms with Crippen molar-refractivity contribution in [3.63, 3.8) is 0 Å². The number of fused-ring (bicyclic) bond motifs is 6. The average Bonchev–Trinajstić information content (AvgIpc) is 3.33. The van der Waals surface area contributed by atoms with Crippen LogP contribution >= 0.6 is 0 Å². The molecule has 5 heterocycles. The number of amides is 1. The van der Waals surface area contributed by atoms with Gasteiger partial charge >= 0.3 is 0 Å². The average molecular weight is 606 g/mol. The summed E-state index contributed by atoms with van der Waals surface area (Å²) in [7, 11) is 5.92. The fourth-order valence-electron chi connectivity index (χ4n) is 5.79. The van der Waals surface area contributed by atoms with Crippen LogP contribution in [0.5, 0.6) is 17.2 Å². The maximum Gasteiger partial charge on any atom is 0.246 e. The van der Waals surface area contributed by atoms with Gasteiger partial charge in [0.05, 0.1) is 28.9 Å². The first-order chi connectivity index (χ1) is 21.8. The van der Waals surface area contributed by atoms with E-state index in [0.29, 0.717) is 55.4 Å². The Balaban J connectivity index is 1.10. The number of benzene rings is 2. The quantitative estimate of drug-likeness (QED) is 0.270. The number of nitrogens with zero attached hydrogens (tertiary/aromatic N) is 8. The topological polar surface area (TPSA) is 114 Å². The normalized spacial score (nSPS) is 16.2. The van der Waals surface area contributed by atoms with Gasteiger partial charge in [-0.25, -0.2) is 19.9 Å². The van der Waals surface area contributed by atoms with Crippen LogP contribution in [0.4, 0.5) is 17.3 Å². The molecule has 12 nitrogen and oxygen atoms in total. The van der Waals surface area contributed by atoms with E-state index >= 15 is 0 Å². The lowest BCUT2D eigenvalue weighted by Crippen LogP contribution is -2.56. The van der Waals surface area contributed by atoms with Gasteiger partial charge in [-0.05, 0) is 56.9 Å². The van der Waals surface area contributed by atoms with E-state index in [4.69, 9.17) is 14.5 Å². The number of imidazole rings is 1. The van der Waals surface area contributed by atoms with Gasteiger partial charge in [-0.2, -0.15) is 0 Å². The minimum absolute atomic E-state index is 0.00696. The van der Waals surface area contributed by atoms with Crippen molar-refractivity contribution in [1.29, 1.82) is 0 Å². The van der Waals surface area contributed by atoms with Crippen molar-refractivity contribution in [3.8, 4) is 17.2 Å². The first kappa shape index (κ1) is 28.5. The summed E-state index contributed by atoms with van der Waals surface area (Å²) in [5.41, 5.74) is 5.06. The molecule has 5 aromatic rings. The van der Waals surface area contributed by atoms with E-state index in [0.717, 1.165) is 39.6 Å². The Morgan fingerprint density at radius 3 is 2.84 bits per heavy atom. The highest BCUT2D eigenvalue weighted by atomic mass is 16.5. The molecule has 1 saturated heterocycles. The first-order valence-electron chi connectivity index (χ1n) is 14.9. The fourth-order valence-corrected chi connectivity index (χ4v) is 5.79. The van der Waals surface area contributed by atoms with Gasteiger partial charge < -0.3 is 34.1 Å². The van der Waals surface area contributed by atoms with Crippen molar-refractivity contribution >= 4 is 45.3 Å². The third-order valence-electron chi connectivity index (χ3n) is 8.15. The summed E-state index contributed by atoms with van der Waals surface area (Å²) in [6.45, 7) is 5.01. The standard InChI is InChI=1S/C33H35N9O3/c1-21-14-22(7-10-28(21)45-24-8-9-27-25(15-24)36-20-40(27)4)37-32-31-26(34-19-35-32)16-29-33(38-31)41-12-13-42(23(17-41)18-44-29)30(43)6-5-11-39(2)3/h5-10,14-16,19-20,23H,11-13,17-18H2,1-4H3,(H,34,35,37)/b6-5+/t23-/m0/s1. The van der Waals surface area contributed by atoms with Crippen molar-refractivity contribution in [2.75, 3.05) is 57.1 Å². The van der Waals surface area contributed by atoms with Gasteiger partial charge in [0.25, 0.3) is 0 Å². The second-order valence-corrected chi connectivity index (χ2v) is 11.7. The van der Waals surface area contributed by atoms with E-state index in [1.807, 2.05) is 91.0 Å². The molecule has 45 heavy (non-hydrogen) atoms. The Bertz CT molecular complexity index is 1940. The zero-order valence-corrected chi connectivity index (χ0v) is 25.8. The predicted molar refractivity (Wildman–Crippen MR) is 173 cm³/mol. The lowest BCUT2D eigenvalue weighted by Gasteiger charge is -2.39. The molecular formula is C33H35N9O3. The lowest BCUT2D eigenvalue weighted by molar-refractivity contribution is -0.129. The second kappa shape index (κ2) is 11.7. The summed E-state index contributed by atoms with van der Waals surface area (Å²) >= 11 is 0. The number of piperazine rings is 1. The van der Waals surface area contributed by atoms with Gasteiger partial charge in [0.15, 0.2) is 17.4 Å². The van der Waals surface area contributed by atoms with Gasteiger partial charge in [-0.1, -0.05) is 6.08 Å².